The van der Waals surface area contributed by atoms with Crippen molar-refractivity contribution in [3.63, 3.8) is 0 Å². The van der Waals surface area contributed by atoms with E-state index in [1.54, 1.807) is 11.5 Å². The first-order valence-electron chi connectivity index (χ1n) is 10.7. The van der Waals surface area contributed by atoms with Crippen LogP contribution in [0.2, 0.25) is 0 Å². The zero-order chi connectivity index (χ0) is 24.5. The van der Waals surface area contributed by atoms with E-state index in [0.29, 0.717) is 43.2 Å². The fraction of sp³-hybridized carbons (Fsp3) is 0.292. The second-order valence-corrected chi connectivity index (χ2v) is 8.84. The van der Waals surface area contributed by atoms with Crippen molar-refractivity contribution in [2.75, 3.05) is 6.61 Å². The Morgan fingerprint density at radius 1 is 1.03 bits per heavy atom. The molecule has 180 valence electrons. The van der Waals surface area contributed by atoms with Crippen LogP contribution in [0.1, 0.15) is 40.6 Å². The number of nitrogens with one attached hydrogen (secondary N) is 3. The summed E-state index contributed by atoms with van der Waals surface area (Å²) in [5.74, 6) is -1.24. The molecular formula is C24H27N3O6S. The molecule has 3 aromatic rings. The maximum Gasteiger partial charge on any atom is 0.326 e. The second kappa shape index (κ2) is 12.1. The van der Waals surface area contributed by atoms with Crippen molar-refractivity contribution in [1.82, 2.24) is 16.1 Å². The second-order valence-electron chi connectivity index (χ2n) is 7.75. The Kier molecular flexibility index (Phi) is 8.97. The van der Waals surface area contributed by atoms with Crippen molar-refractivity contribution in [2.45, 2.75) is 38.9 Å². The molecule has 0 radical (unpaired) electrons. The monoisotopic (exact) mass is 485 g/mol. The minimum Gasteiger partial charge on any atom is -0.494 e. The molecule has 0 aliphatic carbocycles. The van der Waals surface area contributed by atoms with Crippen LogP contribution in [0.4, 0.5) is 0 Å². The van der Waals surface area contributed by atoms with E-state index in [4.69, 9.17) is 15.1 Å². The van der Waals surface area contributed by atoms with Crippen LogP contribution in [-0.2, 0) is 22.7 Å². The number of carbonyl (C=O) groups is 3. The lowest BCUT2D eigenvalue weighted by molar-refractivity contribution is -0.141. The molecule has 0 bridgehead atoms. The van der Waals surface area contributed by atoms with Crippen molar-refractivity contribution in [1.29, 1.82) is 0 Å². The molecule has 0 saturated carbocycles. The normalized spacial score (nSPS) is 11.7. The highest BCUT2D eigenvalue weighted by Crippen LogP contribution is 2.26. The number of ether oxygens (including phenoxy) is 1. The highest BCUT2D eigenvalue weighted by molar-refractivity contribution is 7.20. The maximum absolute atomic E-state index is 11.6. The van der Waals surface area contributed by atoms with E-state index in [1.165, 1.54) is 18.3 Å². The molecule has 0 unspecified atom stereocenters. The number of hydroxylamine groups is 1. The number of hydrogen-bond donors (Lipinski definition) is 5. The Hall–Kier alpha value is -3.47. The lowest BCUT2D eigenvalue weighted by Crippen LogP contribution is -2.39. The summed E-state index contributed by atoms with van der Waals surface area (Å²) in [6.07, 6.45) is 0.797. The van der Waals surface area contributed by atoms with Crippen LogP contribution in [-0.4, -0.2) is 40.7 Å². The molecule has 1 heterocycles. The molecule has 0 saturated heterocycles. The fourth-order valence-electron chi connectivity index (χ4n) is 3.39. The quantitative estimate of drug-likeness (QED) is 0.151. The first-order valence-corrected chi connectivity index (χ1v) is 11.6. The largest absolute Gasteiger partial charge is 0.494 e. The molecule has 2 amide bonds. The first kappa shape index (κ1) is 25.2. The number of aliphatic carboxylic acids is 1. The Bertz CT molecular complexity index is 1150. The lowest BCUT2D eigenvalue weighted by atomic mass is 10.1. The van der Waals surface area contributed by atoms with Gasteiger partial charge in [-0.3, -0.25) is 14.8 Å². The molecule has 5 N–H and O–H groups in total. The molecule has 1 atom stereocenters. The molecule has 0 aliphatic heterocycles. The Labute approximate surface area is 200 Å². The highest BCUT2D eigenvalue weighted by Gasteiger charge is 2.17. The predicted molar refractivity (Wildman–Crippen MR) is 128 cm³/mol. The van der Waals surface area contributed by atoms with Crippen LogP contribution in [0, 0.1) is 0 Å². The number of carboxylic acid groups (broad SMARTS) is 1. The number of amides is 2. The topological polar surface area (TPSA) is 137 Å². The Morgan fingerprint density at radius 3 is 2.41 bits per heavy atom. The molecule has 3 rings (SSSR count). The molecular weight excluding hydrogens is 458 g/mol. The van der Waals surface area contributed by atoms with E-state index in [-0.39, 0.29) is 5.91 Å². The number of carbonyl (C=O) groups excluding carboxylic acids is 2. The Balaban J connectivity index is 1.42. The van der Waals surface area contributed by atoms with Crippen LogP contribution in [0.5, 0.6) is 5.75 Å². The van der Waals surface area contributed by atoms with Gasteiger partial charge in [0.2, 0.25) is 5.91 Å². The number of benzene rings is 2. The van der Waals surface area contributed by atoms with Crippen LogP contribution < -0.4 is 20.9 Å². The highest BCUT2D eigenvalue weighted by atomic mass is 32.1. The van der Waals surface area contributed by atoms with Gasteiger partial charge in [0.05, 0.1) is 11.5 Å². The zero-order valence-electron chi connectivity index (χ0n) is 18.7. The van der Waals surface area contributed by atoms with Gasteiger partial charge in [-0.15, -0.1) is 11.3 Å². The fourth-order valence-corrected chi connectivity index (χ4v) is 4.40. The van der Waals surface area contributed by atoms with Gasteiger partial charge in [-0.1, -0.05) is 24.3 Å². The van der Waals surface area contributed by atoms with Crippen LogP contribution in [0.25, 0.3) is 10.1 Å². The van der Waals surface area contributed by atoms with Gasteiger partial charge in [0, 0.05) is 24.7 Å². The van der Waals surface area contributed by atoms with Gasteiger partial charge >= 0.3 is 5.97 Å². The van der Waals surface area contributed by atoms with Gasteiger partial charge in [0.15, 0.2) is 0 Å². The van der Waals surface area contributed by atoms with E-state index in [1.807, 2.05) is 42.5 Å². The molecule has 10 heteroatoms. The molecule has 1 aromatic heterocycles. The molecule has 0 aliphatic rings. The van der Waals surface area contributed by atoms with Crippen molar-refractivity contribution >= 4 is 39.2 Å². The maximum atomic E-state index is 11.6. The summed E-state index contributed by atoms with van der Waals surface area (Å²) in [6, 6.07) is 14.5. The minimum absolute atomic E-state index is 0.296. The van der Waals surface area contributed by atoms with Crippen molar-refractivity contribution in [2.24, 2.45) is 0 Å². The average Bonchev–Trinajstić information content (AvgIpc) is 3.24. The van der Waals surface area contributed by atoms with Gasteiger partial charge in [-0.25, -0.2) is 10.3 Å². The predicted octanol–water partition coefficient (Wildman–Crippen LogP) is 3.06. The summed E-state index contributed by atoms with van der Waals surface area (Å²) in [7, 11) is 0. The van der Waals surface area contributed by atoms with Gasteiger partial charge in [-0.2, -0.15) is 0 Å². The van der Waals surface area contributed by atoms with E-state index in [9.17, 15) is 14.4 Å². The first-order chi connectivity index (χ1) is 16.4. The van der Waals surface area contributed by atoms with Gasteiger partial charge in [-0.05, 0) is 53.6 Å². The van der Waals surface area contributed by atoms with Crippen LogP contribution in [0.15, 0.2) is 48.5 Å². The minimum atomic E-state index is -1.05. The summed E-state index contributed by atoms with van der Waals surface area (Å²) in [5, 5.41) is 24.6. The standard InChI is InChI=1S/C24H27N3O6S/c1-15(28)26-20(24(30)31)3-2-10-33-19-8-5-16(6-9-19)13-25-14-17-4-7-18-12-22(23(29)27-32)34-21(18)11-17/h4-9,11-12,20,25,32H,2-3,10,13-14H2,1H3,(H,26,28)(H,27,29)(H,30,31)/t20-/m0/s1. The van der Waals surface area contributed by atoms with E-state index in [2.05, 4.69) is 10.6 Å². The summed E-state index contributed by atoms with van der Waals surface area (Å²) >= 11 is 1.33. The van der Waals surface area contributed by atoms with Gasteiger partial charge in [0.25, 0.3) is 5.91 Å². The van der Waals surface area contributed by atoms with E-state index in [0.717, 1.165) is 21.2 Å². The molecule has 34 heavy (non-hydrogen) atoms. The molecule has 0 fully saturated rings. The smallest absolute Gasteiger partial charge is 0.326 e. The number of fused-ring (bicyclic) bond motifs is 1. The summed E-state index contributed by atoms with van der Waals surface area (Å²) in [5.41, 5.74) is 3.83. The van der Waals surface area contributed by atoms with E-state index < -0.39 is 17.9 Å². The number of hydrogen-bond acceptors (Lipinski definition) is 7. The van der Waals surface area contributed by atoms with Crippen LogP contribution in [0.3, 0.4) is 0 Å². The van der Waals surface area contributed by atoms with Gasteiger partial charge < -0.3 is 20.5 Å². The third-order valence-electron chi connectivity index (χ3n) is 5.07. The summed E-state index contributed by atoms with van der Waals surface area (Å²) in [4.78, 5) is 34.2. The third-order valence-corrected chi connectivity index (χ3v) is 6.17. The molecule has 9 nitrogen and oxygen atoms in total. The van der Waals surface area contributed by atoms with Crippen molar-refractivity contribution in [3.05, 3.63) is 64.5 Å². The lowest BCUT2D eigenvalue weighted by Gasteiger charge is -2.13. The number of rotatable bonds is 12. The summed E-state index contributed by atoms with van der Waals surface area (Å²) in [6.45, 7) is 2.97. The molecule has 0 spiro atoms. The van der Waals surface area contributed by atoms with Crippen LogP contribution >= 0.6 is 11.3 Å². The zero-order valence-corrected chi connectivity index (χ0v) is 19.5. The SMILES string of the molecule is CC(=O)N[C@@H](CCCOc1ccc(CNCc2ccc3cc(C(=O)NO)sc3c2)cc1)C(=O)O. The summed E-state index contributed by atoms with van der Waals surface area (Å²) < 4.78 is 6.65. The van der Waals surface area contributed by atoms with Crippen molar-refractivity contribution in [3.8, 4) is 5.75 Å². The molecule has 2 aromatic carbocycles. The third kappa shape index (κ3) is 7.27. The van der Waals surface area contributed by atoms with Gasteiger partial charge in [0.1, 0.15) is 11.8 Å². The van der Waals surface area contributed by atoms with E-state index >= 15 is 0 Å². The van der Waals surface area contributed by atoms with Crippen molar-refractivity contribution < 1.29 is 29.4 Å². The Morgan fingerprint density at radius 2 is 1.74 bits per heavy atom. The number of thiophene rings is 1. The number of carboxylic acids is 1. The average molecular weight is 486 g/mol.